The standard InChI is InChI=1S/C22H26N2O6/c1-4-30-18-8-6-5-7-16(18)23-22(27)24-10-9-14-11-19(28-2)20(29-3)12-15(14)17(24)13-21(25)26/h5-8,11-12,17H,4,9-10,13H2,1-3H3,(H,23,27)(H,25,26). The zero-order valence-electron chi connectivity index (χ0n) is 17.3. The van der Waals surface area contributed by atoms with Crippen molar-refractivity contribution in [2.24, 2.45) is 0 Å². The normalized spacial score (nSPS) is 15.2. The van der Waals surface area contributed by atoms with E-state index in [0.717, 1.165) is 11.1 Å². The van der Waals surface area contributed by atoms with Crippen molar-refractivity contribution in [1.82, 2.24) is 4.90 Å². The van der Waals surface area contributed by atoms with Crippen molar-refractivity contribution in [3.05, 3.63) is 47.5 Å². The summed E-state index contributed by atoms with van der Waals surface area (Å²) in [4.78, 5) is 26.2. The first-order valence-electron chi connectivity index (χ1n) is 9.74. The van der Waals surface area contributed by atoms with Crippen LogP contribution in [0.3, 0.4) is 0 Å². The molecule has 2 N–H and O–H groups in total. The molecular formula is C22H26N2O6. The molecule has 0 aromatic heterocycles. The van der Waals surface area contributed by atoms with Crippen molar-refractivity contribution in [3.63, 3.8) is 0 Å². The number of urea groups is 1. The number of hydrogen-bond donors (Lipinski definition) is 2. The number of anilines is 1. The molecule has 1 aliphatic heterocycles. The third-order valence-corrected chi connectivity index (χ3v) is 5.06. The molecular weight excluding hydrogens is 388 g/mol. The van der Waals surface area contributed by atoms with Gasteiger partial charge < -0.3 is 29.5 Å². The maximum atomic E-state index is 13.1. The van der Waals surface area contributed by atoms with Crippen molar-refractivity contribution in [2.75, 3.05) is 32.7 Å². The van der Waals surface area contributed by atoms with Crippen LogP contribution in [0.15, 0.2) is 36.4 Å². The van der Waals surface area contributed by atoms with Crippen molar-refractivity contribution in [1.29, 1.82) is 0 Å². The minimum absolute atomic E-state index is 0.219. The first-order valence-corrected chi connectivity index (χ1v) is 9.74. The SMILES string of the molecule is CCOc1ccccc1NC(=O)N1CCc2cc(OC)c(OC)cc2C1CC(=O)O. The van der Waals surface area contributed by atoms with Crippen molar-refractivity contribution in [3.8, 4) is 17.2 Å². The molecule has 2 aromatic carbocycles. The van der Waals surface area contributed by atoms with Gasteiger partial charge in [-0.3, -0.25) is 4.79 Å². The fourth-order valence-corrected chi connectivity index (χ4v) is 3.70. The number of ether oxygens (including phenoxy) is 3. The molecule has 0 aliphatic carbocycles. The molecule has 1 aliphatic rings. The highest BCUT2D eigenvalue weighted by Gasteiger charge is 2.34. The Hall–Kier alpha value is -3.42. The lowest BCUT2D eigenvalue weighted by atomic mass is 9.90. The van der Waals surface area contributed by atoms with Crippen molar-refractivity contribution in [2.45, 2.75) is 25.8 Å². The number of carbonyl (C=O) groups is 2. The van der Waals surface area contributed by atoms with Crippen LogP contribution in [0, 0.1) is 0 Å². The Labute approximate surface area is 175 Å². The second-order valence-electron chi connectivity index (χ2n) is 6.82. The van der Waals surface area contributed by atoms with Crippen LogP contribution in [0.1, 0.15) is 30.5 Å². The quantitative estimate of drug-likeness (QED) is 0.717. The summed E-state index contributed by atoms with van der Waals surface area (Å²) in [6, 6.07) is 9.74. The number of amides is 2. The van der Waals surface area contributed by atoms with Gasteiger partial charge in [0.05, 0.1) is 39.0 Å². The van der Waals surface area contributed by atoms with Gasteiger partial charge in [0.25, 0.3) is 0 Å². The fraction of sp³-hybridized carbons (Fsp3) is 0.364. The number of rotatable bonds is 7. The van der Waals surface area contributed by atoms with Gasteiger partial charge >= 0.3 is 12.0 Å². The molecule has 1 unspecified atom stereocenters. The van der Waals surface area contributed by atoms with Gasteiger partial charge in [-0.05, 0) is 48.7 Å². The first-order chi connectivity index (χ1) is 14.5. The number of fused-ring (bicyclic) bond motifs is 1. The number of para-hydroxylation sites is 2. The number of nitrogens with zero attached hydrogens (tertiary/aromatic N) is 1. The molecule has 3 rings (SSSR count). The van der Waals surface area contributed by atoms with Crippen LogP contribution in [0.5, 0.6) is 17.2 Å². The number of carbonyl (C=O) groups excluding carboxylic acids is 1. The van der Waals surface area contributed by atoms with Crippen LogP contribution in [-0.4, -0.2) is 49.4 Å². The Morgan fingerprint density at radius 3 is 2.50 bits per heavy atom. The molecule has 0 spiro atoms. The molecule has 8 heteroatoms. The van der Waals surface area contributed by atoms with E-state index in [1.54, 1.807) is 36.3 Å². The molecule has 2 amide bonds. The van der Waals surface area contributed by atoms with Gasteiger partial charge in [0.2, 0.25) is 0 Å². The van der Waals surface area contributed by atoms with Crippen LogP contribution in [0.2, 0.25) is 0 Å². The van der Waals surface area contributed by atoms with Crippen LogP contribution in [-0.2, 0) is 11.2 Å². The van der Waals surface area contributed by atoms with E-state index in [-0.39, 0.29) is 12.5 Å². The Balaban J connectivity index is 1.93. The zero-order valence-corrected chi connectivity index (χ0v) is 17.3. The predicted molar refractivity (Wildman–Crippen MR) is 112 cm³/mol. The third kappa shape index (κ3) is 4.42. The Kier molecular flexibility index (Phi) is 6.66. The summed E-state index contributed by atoms with van der Waals surface area (Å²) in [5.74, 6) is 0.645. The first kappa shape index (κ1) is 21.3. The van der Waals surface area contributed by atoms with E-state index in [0.29, 0.717) is 42.5 Å². The number of methoxy groups -OCH3 is 2. The van der Waals surface area contributed by atoms with E-state index in [1.165, 1.54) is 7.11 Å². The van der Waals surface area contributed by atoms with Gasteiger partial charge in [0.15, 0.2) is 11.5 Å². The van der Waals surface area contributed by atoms with E-state index in [2.05, 4.69) is 5.32 Å². The number of benzene rings is 2. The molecule has 30 heavy (non-hydrogen) atoms. The van der Waals surface area contributed by atoms with Gasteiger partial charge in [0.1, 0.15) is 5.75 Å². The Bertz CT molecular complexity index is 930. The van der Waals surface area contributed by atoms with E-state index in [4.69, 9.17) is 14.2 Å². The molecule has 0 saturated carbocycles. The summed E-state index contributed by atoms with van der Waals surface area (Å²) in [5, 5.41) is 12.4. The highest BCUT2D eigenvalue weighted by molar-refractivity contribution is 5.91. The number of nitrogens with one attached hydrogen (secondary N) is 1. The molecule has 1 heterocycles. The van der Waals surface area contributed by atoms with Crippen molar-refractivity contribution < 1.29 is 28.9 Å². The van der Waals surface area contributed by atoms with E-state index in [9.17, 15) is 14.7 Å². The topological polar surface area (TPSA) is 97.3 Å². The van der Waals surface area contributed by atoms with Crippen LogP contribution < -0.4 is 19.5 Å². The number of aliphatic carboxylic acids is 1. The predicted octanol–water partition coefficient (Wildman–Crippen LogP) is 3.71. The average molecular weight is 414 g/mol. The number of carboxylic acid groups (broad SMARTS) is 1. The van der Waals surface area contributed by atoms with Crippen LogP contribution in [0.25, 0.3) is 0 Å². The van der Waals surface area contributed by atoms with Crippen LogP contribution >= 0.6 is 0 Å². The summed E-state index contributed by atoms with van der Waals surface area (Å²) < 4.78 is 16.3. The van der Waals surface area contributed by atoms with Gasteiger partial charge in [0, 0.05) is 6.54 Å². The maximum absolute atomic E-state index is 13.1. The molecule has 1 atom stereocenters. The Morgan fingerprint density at radius 1 is 1.13 bits per heavy atom. The molecule has 0 fully saturated rings. The van der Waals surface area contributed by atoms with Crippen molar-refractivity contribution >= 4 is 17.7 Å². The molecule has 0 bridgehead atoms. The minimum atomic E-state index is -0.991. The van der Waals surface area contributed by atoms with Gasteiger partial charge in [-0.25, -0.2) is 4.79 Å². The minimum Gasteiger partial charge on any atom is -0.493 e. The zero-order chi connectivity index (χ0) is 21.7. The van der Waals surface area contributed by atoms with E-state index >= 15 is 0 Å². The molecule has 0 radical (unpaired) electrons. The monoisotopic (exact) mass is 414 g/mol. The fourth-order valence-electron chi connectivity index (χ4n) is 3.70. The molecule has 0 saturated heterocycles. The van der Waals surface area contributed by atoms with Crippen LogP contribution in [0.4, 0.5) is 10.5 Å². The number of carboxylic acids is 1. The molecule has 160 valence electrons. The number of hydrogen-bond acceptors (Lipinski definition) is 5. The lowest BCUT2D eigenvalue weighted by Gasteiger charge is -2.37. The second-order valence-corrected chi connectivity index (χ2v) is 6.82. The van der Waals surface area contributed by atoms with Gasteiger partial charge in [-0.1, -0.05) is 12.1 Å². The summed E-state index contributed by atoms with van der Waals surface area (Å²) in [6.07, 6.45) is 0.356. The Morgan fingerprint density at radius 2 is 1.83 bits per heavy atom. The molecule has 8 nitrogen and oxygen atoms in total. The highest BCUT2D eigenvalue weighted by atomic mass is 16.5. The summed E-state index contributed by atoms with van der Waals surface area (Å²) >= 11 is 0. The summed E-state index contributed by atoms with van der Waals surface area (Å²) in [5.41, 5.74) is 2.23. The third-order valence-electron chi connectivity index (χ3n) is 5.06. The maximum Gasteiger partial charge on any atom is 0.322 e. The summed E-state index contributed by atoms with van der Waals surface area (Å²) in [6.45, 7) is 2.71. The summed E-state index contributed by atoms with van der Waals surface area (Å²) in [7, 11) is 3.08. The van der Waals surface area contributed by atoms with E-state index < -0.39 is 12.0 Å². The average Bonchev–Trinajstić information content (AvgIpc) is 2.74. The van der Waals surface area contributed by atoms with Gasteiger partial charge in [-0.15, -0.1) is 0 Å². The van der Waals surface area contributed by atoms with Gasteiger partial charge in [-0.2, -0.15) is 0 Å². The van der Waals surface area contributed by atoms with E-state index in [1.807, 2.05) is 19.1 Å². The molecule has 2 aromatic rings. The lowest BCUT2D eigenvalue weighted by molar-refractivity contribution is -0.138. The second kappa shape index (κ2) is 9.39. The largest absolute Gasteiger partial charge is 0.493 e. The smallest absolute Gasteiger partial charge is 0.322 e. The lowest BCUT2D eigenvalue weighted by Crippen LogP contribution is -2.43. The highest BCUT2D eigenvalue weighted by Crippen LogP contribution is 2.40.